The number of hydrogen-bond donors (Lipinski definition) is 2. The monoisotopic (exact) mass is 282 g/mol. The summed E-state index contributed by atoms with van der Waals surface area (Å²) < 4.78 is 0. The maximum atomic E-state index is 11.0. The van der Waals surface area contributed by atoms with Gasteiger partial charge in [-0.2, -0.15) is 0 Å². The van der Waals surface area contributed by atoms with E-state index in [0.717, 1.165) is 0 Å². The first-order chi connectivity index (χ1) is 8.58. The highest BCUT2D eigenvalue weighted by molar-refractivity contribution is 6.36. The topological polar surface area (TPSA) is 62.2 Å². The average Bonchev–Trinajstić information content (AvgIpc) is 2.33. The molecule has 2 aromatic rings. The van der Waals surface area contributed by atoms with Crippen LogP contribution in [0.4, 0.5) is 11.4 Å². The highest BCUT2D eigenvalue weighted by atomic mass is 35.5. The van der Waals surface area contributed by atoms with Gasteiger partial charge in [-0.25, -0.2) is 4.79 Å². The third-order valence-electron chi connectivity index (χ3n) is 2.25. The first-order valence-corrected chi connectivity index (χ1v) is 5.73. The Morgan fingerprint density at radius 1 is 1.22 bits per heavy atom. The molecule has 0 saturated heterocycles. The summed E-state index contributed by atoms with van der Waals surface area (Å²) in [6, 6.07) is 6.48. The SMILES string of the molecule is O=C(O)c1cnccc1Nc1ccc(Cl)cc1Cl. The van der Waals surface area contributed by atoms with Gasteiger partial charge in [-0.15, -0.1) is 0 Å². The molecule has 0 unspecified atom stereocenters. The lowest BCUT2D eigenvalue weighted by Crippen LogP contribution is -2.03. The number of hydrogen-bond acceptors (Lipinski definition) is 3. The molecule has 4 nitrogen and oxygen atoms in total. The minimum atomic E-state index is -1.06. The number of benzene rings is 1. The maximum Gasteiger partial charge on any atom is 0.339 e. The Balaban J connectivity index is 2.37. The highest BCUT2D eigenvalue weighted by Gasteiger charge is 2.11. The molecule has 92 valence electrons. The second-order valence-electron chi connectivity index (χ2n) is 3.48. The van der Waals surface area contributed by atoms with Gasteiger partial charge in [0.1, 0.15) is 5.56 Å². The number of pyridine rings is 1. The largest absolute Gasteiger partial charge is 0.478 e. The van der Waals surface area contributed by atoms with Crippen molar-refractivity contribution in [3.8, 4) is 0 Å². The summed E-state index contributed by atoms with van der Waals surface area (Å²) in [5.41, 5.74) is 1.07. The molecule has 1 aromatic carbocycles. The van der Waals surface area contributed by atoms with Crippen LogP contribution < -0.4 is 5.32 Å². The van der Waals surface area contributed by atoms with Crippen molar-refractivity contribution in [3.63, 3.8) is 0 Å². The van der Waals surface area contributed by atoms with E-state index in [2.05, 4.69) is 10.3 Å². The van der Waals surface area contributed by atoms with Crippen LogP contribution in [-0.4, -0.2) is 16.1 Å². The van der Waals surface area contributed by atoms with Crippen molar-refractivity contribution in [2.75, 3.05) is 5.32 Å². The lowest BCUT2D eigenvalue weighted by molar-refractivity contribution is 0.0697. The quantitative estimate of drug-likeness (QED) is 0.898. The number of anilines is 2. The van der Waals surface area contributed by atoms with Crippen molar-refractivity contribution < 1.29 is 9.90 Å². The van der Waals surface area contributed by atoms with E-state index in [4.69, 9.17) is 28.3 Å². The summed E-state index contributed by atoms with van der Waals surface area (Å²) in [6.45, 7) is 0. The molecule has 0 saturated carbocycles. The van der Waals surface area contributed by atoms with Crippen LogP contribution in [0.15, 0.2) is 36.7 Å². The summed E-state index contributed by atoms with van der Waals surface area (Å²) >= 11 is 11.8. The van der Waals surface area contributed by atoms with Crippen LogP contribution in [0.5, 0.6) is 0 Å². The van der Waals surface area contributed by atoms with Gasteiger partial charge in [0.2, 0.25) is 0 Å². The van der Waals surface area contributed by atoms with Gasteiger partial charge in [-0.05, 0) is 24.3 Å². The van der Waals surface area contributed by atoms with E-state index >= 15 is 0 Å². The van der Waals surface area contributed by atoms with E-state index in [0.29, 0.717) is 21.4 Å². The van der Waals surface area contributed by atoms with Crippen LogP contribution in [0.25, 0.3) is 0 Å². The molecule has 6 heteroatoms. The standard InChI is InChI=1S/C12H8Cl2N2O2/c13-7-1-2-11(9(14)5-7)16-10-3-4-15-6-8(10)12(17)18/h1-6H,(H,15,16)(H,17,18). The Morgan fingerprint density at radius 3 is 2.67 bits per heavy atom. The fraction of sp³-hybridized carbons (Fsp3) is 0. The minimum absolute atomic E-state index is 0.0727. The molecule has 0 aliphatic rings. The summed E-state index contributed by atoms with van der Waals surface area (Å²) in [5.74, 6) is -1.06. The van der Waals surface area contributed by atoms with Gasteiger partial charge in [-0.3, -0.25) is 4.98 Å². The number of carbonyl (C=O) groups is 1. The van der Waals surface area contributed by atoms with E-state index < -0.39 is 5.97 Å². The van der Waals surface area contributed by atoms with E-state index in [1.54, 1.807) is 24.3 Å². The lowest BCUT2D eigenvalue weighted by atomic mass is 10.2. The summed E-state index contributed by atoms with van der Waals surface area (Å²) in [4.78, 5) is 14.8. The number of aromatic carboxylic acids is 1. The van der Waals surface area contributed by atoms with Gasteiger partial charge in [-0.1, -0.05) is 23.2 Å². The fourth-order valence-electron chi connectivity index (χ4n) is 1.41. The number of halogens is 2. The lowest BCUT2D eigenvalue weighted by Gasteiger charge is -2.10. The first-order valence-electron chi connectivity index (χ1n) is 4.97. The molecule has 0 aliphatic carbocycles. The van der Waals surface area contributed by atoms with Gasteiger partial charge >= 0.3 is 5.97 Å². The van der Waals surface area contributed by atoms with Crippen LogP contribution in [0.1, 0.15) is 10.4 Å². The normalized spacial score (nSPS) is 10.1. The summed E-state index contributed by atoms with van der Waals surface area (Å²) in [6.07, 6.45) is 2.77. The number of aromatic nitrogens is 1. The van der Waals surface area contributed by atoms with Gasteiger partial charge in [0, 0.05) is 17.4 Å². The molecule has 0 fully saturated rings. The number of nitrogens with zero attached hydrogens (tertiary/aromatic N) is 1. The molecule has 2 N–H and O–H groups in total. The first kappa shape index (κ1) is 12.7. The van der Waals surface area contributed by atoms with Crippen LogP contribution in [0, 0.1) is 0 Å². The van der Waals surface area contributed by atoms with Crippen LogP contribution in [0.2, 0.25) is 10.0 Å². The zero-order valence-electron chi connectivity index (χ0n) is 9.02. The average molecular weight is 283 g/mol. The number of nitrogens with one attached hydrogen (secondary N) is 1. The number of rotatable bonds is 3. The third kappa shape index (κ3) is 2.72. The molecule has 0 radical (unpaired) electrons. The van der Waals surface area contributed by atoms with Crippen LogP contribution >= 0.6 is 23.2 Å². The number of carboxylic acids is 1. The van der Waals surface area contributed by atoms with E-state index in [9.17, 15) is 4.79 Å². The van der Waals surface area contributed by atoms with Gasteiger partial charge in [0.15, 0.2) is 0 Å². The Bertz CT molecular complexity index is 602. The summed E-state index contributed by atoms with van der Waals surface area (Å²) in [5, 5.41) is 12.9. The molecular weight excluding hydrogens is 275 g/mol. The van der Waals surface area contributed by atoms with E-state index in [-0.39, 0.29) is 5.56 Å². The molecule has 0 bridgehead atoms. The third-order valence-corrected chi connectivity index (χ3v) is 2.80. The van der Waals surface area contributed by atoms with Crippen molar-refractivity contribution in [3.05, 3.63) is 52.3 Å². The Morgan fingerprint density at radius 2 is 2.00 bits per heavy atom. The summed E-state index contributed by atoms with van der Waals surface area (Å²) in [7, 11) is 0. The minimum Gasteiger partial charge on any atom is -0.478 e. The van der Waals surface area contributed by atoms with Gasteiger partial charge in [0.25, 0.3) is 0 Å². The molecule has 1 heterocycles. The van der Waals surface area contributed by atoms with E-state index in [1.165, 1.54) is 12.4 Å². The molecule has 0 amide bonds. The molecule has 2 rings (SSSR count). The van der Waals surface area contributed by atoms with Crippen molar-refractivity contribution in [1.29, 1.82) is 0 Å². The predicted molar refractivity (Wildman–Crippen MR) is 70.9 cm³/mol. The molecule has 0 atom stereocenters. The predicted octanol–water partition coefficient (Wildman–Crippen LogP) is 3.83. The maximum absolute atomic E-state index is 11.0. The van der Waals surface area contributed by atoms with Gasteiger partial charge in [0.05, 0.1) is 16.4 Å². The van der Waals surface area contributed by atoms with Crippen LogP contribution in [-0.2, 0) is 0 Å². The fourth-order valence-corrected chi connectivity index (χ4v) is 1.87. The zero-order chi connectivity index (χ0) is 13.1. The second kappa shape index (κ2) is 5.25. The molecule has 0 aliphatic heterocycles. The molecular formula is C12H8Cl2N2O2. The van der Waals surface area contributed by atoms with E-state index in [1.807, 2.05) is 0 Å². The Labute approximate surface area is 113 Å². The smallest absolute Gasteiger partial charge is 0.339 e. The van der Waals surface area contributed by atoms with Crippen molar-refractivity contribution in [1.82, 2.24) is 4.98 Å². The highest BCUT2D eigenvalue weighted by Crippen LogP contribution is 2.29. The number of carboxylic acid groups (broad SMARTS) is 1. The Kier molecular flexibility index (Phi) is 3.69. The van der Waals surface area contributed by atoms with Crippen molar-refractivity contribution >= 4 is 40.5 Å². The van der Waals surface area contributed by atoms with Crippen molar-refractivity contribution in [2.45, 2.75) is 0 Å². The second-order valence-corrected chi connectivity index (χ2v) is 4.32. The molecule has 1 aromatic heterocycles. The molecule has 0 spiro atoms. The van der Waals surface area contributed by atoms with Crippen molar-refractivity contribution in [2.24, 2.45) is 0 Å². The molecule has 18 heavy (non-hydrogen) atoms. The van der Waals surface area contributed by atoms with Crippen LogP contribution in [0.3, 0.4) is 0 Å². The van der Waals surface area contributed by atoms with Gasteiger partial charge < -0.3 is 10.4 Å². The zero-order valence-corrected chi connectivity index (χ0v) is 10.5. The Hall–Kier alpha value is -1.78.